The second-order valence-corrected chi connectivity index (χ2v) is 18.1. The van der Waals surface area contributed by atoms with Gasteiger partial charge in [-0.3, -0.25) is 14.4 Å². The average molecular weight is 1300 g/mol. The fourth-order valence-electron chi connectivity index (χ4n) is 6.44. The van der Waals surface area contributed by atoms with E-state index in [0.29, 0.717) is 297 Å². The van der Waals surface area contributed by atoms with Crippen LogP contribution >= 0.6 is 0 Å². The van der Waals surface area contributed by atoms with Gasteiger partial charge in [0.15, 0.2) is 0 Å². The maximum Gasteiger partial charge on any atom is 0.307 e. The first-order valence-corrected chi connectivity index (χ1v) is 31.0. The molecule has 0 heterocycles. The number of carbonyl (C=O) groups excluding carboxylic acids is 2. The molecular formula is C59H113NO29. The highest BCUT2D eigenvalue weighted by molar-refractivity contribution is 5.78. The van der Waals surface area contributed by atoms with Gasteiger partial charge in [0.1, 0.15) is 6.61 Å². The number of carbonyl (C=O) groups is 3. The maximum absolute atomic E-state index is 12.5. The molecule has 0 unspecified atom stereocenters. The normalized spacial score (nSPS) is 11.5. The van der Waals surface area contributed by atoms with E-state index < -0.39 is 11.9 Å². The first kappa shape index (κ1) is 86.2. The third kappa shape index (κ3) is 75.8. The van der Waals surface area contributed by atoms with Crippen molar-refractivity contribution in [3.05, 3.63) is 12.7 Å². The van der Waals surface area contributed by atoms with Gasteiger partial charge < -0.3 is 128 Å². The van der Waals surface area contributed by atoms with Crippen molar-refractivity contribution >= 4 is 17.8 Å². The van der Waals surface area contributed by atoms with E-state index in [1.54, 1.807) is 7.11 Å². The molecule has 0 aromatic heterocycles. The third-order valence-electron chi connectivity index (χ3n) is 11.0. The van der Waals surface area contributed by atoms with Crippen molar-refractivity contribution in [2.75, 3.05) is 337 Å². The van der Waals surface area contributed by atoms with E-state index in [9.17, 15) is 14.4 Å². The van der Waals surface area contributed by atoms with Gasteiger partial charge in [-0.1, -0.05) is 12.7 Å². The van der Waals surface area contributed by atoms with Crippen LogP contribution in [0.5, 0.6) is 0 Å². The summed E-state index contributed by atoms with van der Waals surface area (Å²) in [6, 6.07) is 0. The summed E-state index contributed by atoms with van der Waals surface area (Å²) in [6.07, 6.45) is 1.22. The quantitative estimate of drug-likeness (QED) is 0.0501. The Morgan fingerprint density at radius 1 is 0.281 bits per heavy atom. The molecule has 0 spiro atoms. The Bertz CT molecular complexity index is 1440. The molecule has 0 aliphatic rings. The first-order valence-electron chi connectivity index (χ1n) is 31.0. The zero-order chi connectivity index (χ0) is 64.2. The molecule has 30 heteroatoms. The van der Waals surface area contributed by atoms with Crippen LogP contribution in [0.1, 0.15) is 19.3 Å². The predicted molar refractivity (Wildman–Crippen MR) is 320 cm³/mol. The zero-order valence-corrected chi connectivity index (χ0v) is 53.6. The van der Waals surface area contributed by atoms with Crippen LogP contribution in [0.25, 0.3) is 0 Å². The molecule has 1 N–H and O–H groups in total. The van der Waals surface area contributed by atoms with Crippen molar-refractivity contribution in [1.82, 2.24) is 4.90 Å². The van der Waals surface area contributed by atoms with E-state index in [0.717, 1.165) is 0 Å². The van der Waals surface area contributed by atoms with Gasteiger partial charge >= 0.3 is 11.9 Å². The van der Waals surface area contributed by atoms with E-state index in [2.05, 4.69) is 6.58 Å². The Balaban J connectivity index is 3.20. The summed E-state index contributed by atoms with van der Waals surface area (Å²) >= 11 is 0. The molecule has 0 fully saturated rings. The summed E-state index contributed by atoms with van der Waals surface area (Å²) in [4.78, 5) is 36.5. The predicted octanol–water partition coefficient (Wildman–Crippen LogP) is 0.827. The molecule has 0 rings (SSSR count). The largest absolute Gasteiger partial charge is 0.481 e. The molecule has 0 aromatic rings. The summed E-state index contributed by atoms with van der Waals surface area (Å²) in [6.45, 7) is 25.3. The molecule has 30 nitrogen and oxygen atoms in total. The number of nitrogens with zero attached hydrogens (tertiary/aromatic N) is 1. The molecule has 0 saturated heterocycles. The van der Waals surface area contributed by atoms with E-state index in [1.807, 2.05) is 0 Å². The fraction of sp³-hybridized carbons (Fsp3) is 0.915. The van der Waals surface area contributed by atoms with E-state index >= 15 is 0 Å². The van der Waals surface area contributed by atoms with Crippen molar-refractivity contribution in [2.24, 2.45) is 0 Å². The molecular weight excluding hydrogens is 1190 g/mol. The van der Waals surface area contributed by atoms with Crippen LogP contribution < -0.4 is 0 Å². The first-order chi connectivity index (χ1) is 44.0. The number of amides is 1. The number of esters is 1. The Hall–Kier alpha value is -2.81. The van der Waals surface area contributed by atoms with Gasteiger partial charge in [0.2, 0.25) is 5.91 Å². The van der Waals surface area contributed by atoms with Gasteiger partial charge in [0.05, 0.1) is 330 Å². The molecule has 0 aromatic carbocycles. The van der Waals surface area contributed by atoms with Crippen molar-refractivity contribution < 1.29 is 138 Å². The number of rotatable bonds is 80. The van der Waals surface area contributed by atoms with E-state index in [1.165, 1.54) is 11.0 Å². The summed E-state index contributed by atoms with van der Waals surface area (Å²) in [5.74, 6) is -1.84. The van der Waals surface area contributed by atoms with Crippen LogP contribution in [0.15, 0.2) is 12.7 Å². The Labute approximate surface area is 528 Å². The fourth-order valence-corrected chi connectivity index (χ4v) is 6.44. The lowest BCUT2D eigenvalue weighted by Gasteiger charge is -2.21. The molecule has 0 saturated carbocycles. The molecule has 89 heavy (non-hydrogen) atoms. The molecule has 0 bridgehead atoms. The second kappa shape index (κ2) is 77.6. The van der Waals surface area contributed by atoms with Crippen molar-refractivity contribution in [2.45, 2.75) is 19.3 Å². The van der Waals surface area contributed by atoms with Gasteiger partial charge in [0, 0.05) is 20.2 Å². The van der Waals surface area contributed by atoms with Crippen LogP contribution in [-0.2, 0) is 133 Å². The minimum Gasteiger partial charge on any atom is -0.481 e. The number of carboxylic acid groups (broad SMARTS) is 1. The molecule has 0 atom stereocenters. The minimum absolute atomic E-state index is 0.00681. The SMILES string of the molecule is C=CCOC(=O)CCN(CCC(=O)O)C(=O)CCOCCOCCOCCOCCOCCOCCOCCOCCOCCOCCOCCOCCOCCOCCOCCOCCOCCOCCOCCOCCOCCOCCOCCOC. The van der Waals surface area contributed by atoms with Gasteiger partial charge in [-0.25, -0.2) is 0 Å². The highest BCUT2D eigenvalue weighted by Gasteiger charge is 2.17. The van der Waals surface area contributed by atoms with Crippen LogP contribution in [-0.4, -0.2) is 365 Å². The molecule has 1 amide bonds. The van der Waals surface area contributed by atoms with E-state index in [4.69, 9.17) is 124 Å². The Morgan fingerprint density at radius 2 is 0.461 bits per heavy atom. The van der Waals surface area contributed by atoms with Gasteiger partial charge in [-0.2, -0.15) is 0 Å². The number of hydrogen-bond donors (Lipinski definition) is 1. The number of methoxy groups -OCH3 is 1. The summed E-state index contributed by atoms with van der Waals surface area (Å²) < 4.78 is 136. The molecule has 0 aliphatic carbocycles. The summed E-state index contributed by atoms with van der Waals surface area (Å²) in [5.41, 5.74) is 0. The number of hydrogen-bond acceptors (Lipinski definition) is 28. The Morgan fingerprint density at radius 3 is 0.640 bits per heavy atom. The summed E-state index contributed by atoms with van der Waals surface area (Å²) in [7, 11) is 1.64. The van der Waals surface area contributed by atoms with Crippen LogP contribution in [0.3, 0.4) is 0 Å². The van der Waals surface area contributed by atoms with Crippen LogP contribution in [0.2, 0.25) is 0 Å². The Kier molecular flexibility index (Phi) is 75.2. The van der Waals surface area contributed by atoms with Crippen molar-refractivity contribution in [1.29, 1.82) is 0 Å². The smallest absolute Gasteiger partial charge is 0.307 e. The van der Waals surface area contributed by atoms with Crippen LogP contribution in [0, 0.1) is 0 Å². The highest BCUT2D eigenvalue weighted by Crippen LogP contribution is 2.02. The van der Waals surface area contributed by atoms with Gasteiger partial charge in [0.25, 0.3) is 0 Å². The van der Waals surface area contributed by atoms with E-state index in [-0.39, 0.29) is 58.1 Å². The maximum atomic E-state index is 12.5. The van der Waals surface area contributed by atoms with Gasteiger partial charge in [-0.15, -0.1) is 0 Å². The lowest BCUT2D eigenvalue weighted by molar-refractivity contribution is -0.143. The van der Waals surface area contributed by atoms with Crippen molar-refractivity contribution in [3.63, 3.8) is 0 Å². The van der Waals surface area contributed by atoms with Gasteiger partial charge in [-0.05, 0) is 0 Å². The topological polar surface area (TPSA) is 305 Å². The number of ether oxygens (including phenoxy) is 25. The van der Waals surface area contributed by atoms with Crippen molar-refractivity contribution in [3.8, 4) is 0 Å². The molecule has 528 valence electrons. The number of aliphatic carboxylic acids is 1. The molecule has 0 aliphatic heterocycles. The number of carboxylic acids is 1. The van der Waals surface area contributed by atoms with Crippen LogP contribution in [0.4, 0.5) is 0 Å². The monoisotopic (exact) mass is 1300 g/mol. The lowest BCUT2D eigenvalue weighted by Crippen LogP contribution is -2.35. The third-order valence-corrected chi connectivity index (χ3v) is 11.0. The summed E-state index contributed by atoms with van der Waals surface area (Å²) in [5, 5.41) is 8.97. The minimum atomic E-state index is -1.04. The standard InChI is InChI=1S/C59H113NO29/c1-3-9-89-59(64)5-8-60(7-4-58(62)63)57(61)6-10-66-13-14-68-17-18-70-21-22-72-25-26-74-29-30-76-33-34-78-37-38-80-41-42-82-45-46-84-49-50-86-53-54-88-56-55-87-52-51-85-48-47-83-44-43-81-40-39-79-36-35-77-32-31-75-28-27-73-24-23-71-20-19-69-16-15-67-12-11-65-2/h3H,1,4-56H2,2H3,(H,62,63). The highest BCUT2D eigenvalue weighted by atomic mass is 16.6. The average Bonchev–Trinajstić information content (AvgIpc) is 3.59. The second-order valence-electron chi connectivity index (χ2n) is 18.1. The zero-order valence-electron chi connectivity index (χ0n) is 53.6. The lowest BCUT2D eigenvalue weighted by atomic mass is 10.3. The molecule has 0 radical (unpaired) electrons.